The zero-order valence-electron chi connectivity index (χ0n) is 17.6. The lowest BCUT2D eigenvalue weighted by atomic mass is 9.73. The predicted octanol–water partition coefficient (Wildman–Crippen LogP) is 3.12. The van der Waals surface area contributed by atoms with E-state index in [1.807, 2.05) is 19.9 Å². The fraction of sp³-hybridized carbons (Fsp3) is 0.571. The molecule has 0 unspecified atom stereocenters. The Bertz CT molecular complexity index is 936. The third-order valence-electron chi connectivity index (χ3n) is 6.37. The summed E-state index contributed by atoms with van der Waals surface area (Å²) < 4.78 is 5.82. The third-order valence-corrected chi connectivity index (χ3v) is 8.10. The highest BCUT2D eigenvalue weighted by molar-refractivity contribution is 7.99. The van der Waals surface area contributed by atoms with Crippen molar-refractivity contribution in [1.29, 1.82) is 0 Å². The smallest absolute Gasteiger partial charge is 0.153 e. The van der Waals surface area contributed by atoms with Crippen molar-refractivity contribution >= 4 is 29.2 Å². The van der Waals surface area contributed by atoms with Gasteiger partial charge >= 0.3 is 0 Å². The molecule has 7 nitrogen and oxygen atoms in total. The maximum absolute atomic E-state index is 10.00. The van der Waals surface area contributed by atoms with Gasteiger partial charge in [0.2, 0.25) is 0 Å². The summed E-state index contributed by atoms with van der Waals surface area (Å²) in [5.74, 6) is 0.756. The van der Waals surface area contributed by atoms with Gasteiger partial charge in [0, 0.05) is 35.6 Å². The molecule has 4 rings (SSSR count). The summed E-state index contributed by atoms with van der Waals surface area (Å²) >= 11 is 7.84. The van der Waals surface area contributed by atoms with Crippen molar-refractivity contribution in [3.8, 4) is 0 Å². The molecule has 2 saturated heterocycles. The van der Waals surface area contributed by atoms with Crippen LogP contribution in [0.4, 0.5) is 5.82 Å². The molecule has 0 aliphatic carbocycles. The number of hydrogen-bond donors (Lipinski definition) is 2. The Morgan fingerprint density at radius 2 is 2.03 bits per heavy atom. The number of aryl methyl sites for hydroxylation is 2. The van der Waals surface area contributed by atoms with E-state index in [0.29, 0.717) is 10.7 Å². The third kappa shape index (κ3) is 3.91. The molecule has 2 atom stereocenters. The first kappa shape index (κ1) is 21.8. The van der Waals surface area contributed by atoms with E-state index in [2.05, 4.69) is 16.8 Å². The van der Waals surface area contributed by atoms with Crippen LogP contribution in [0.15, 0.2) is 22.2 Å². The van der Waals surface area contributed by atoms with Crippen LogP contribution in [0, 0.1) is 19.3 Å². The van der Waals surface area contributed by atoms with Crippen LogP contribution in [0.3, 0.4) is 0 Å². The molecule has 0 amide bonds. The normalized spacial score (nSPS) is 23.3. The fourth-order valence-corrected chi connectivity index (χ4v) is 5.48. The molecule has 0 saturated carbocycles. The van der Waals surface area contributed by atoms with Crippen molar-refractivity contribution in [2.45, 2.75) is 62.3 Å². The minimum Gasteiger partial charge on any atom is -0.390 e. The first-order valence-electron chi connectivity index (χ1n) is 10.2. The number of halogens is 1. The van der Waals surface area contributed by atoms with Crippen molar-refractivity contribution < 1.29 is 9.84 Å². The topological polar surface area (TPSA) is 97.4 Å². The Morgan fingerprint density at radius 3 is 2.67 bits per heavy atom. The summed E-state index contributed by atoms with van der Waals surface area (Å²) in [5, 5.41) is 11.4. The number of hydrogen-bond acceptors (Lipinski definition) is 8. The van der Waals surface area contributed by atoms with Crippen LogP contribution >= 0.6 is 23.4 Å². The average Bonchev–Trinajstić information content (AvgIpc) is 3.01. The Labute approximate surface area is 186 Å². The van der Waals surface area contributed by atoms with E-state index < -0.39 is 0 Å². The number of piperidine rings is 1. The number of aliphatic hydroxyl groups is 1. The second-order valence-corrected chi connectivity index (χ2v) is 9.65. The van der Waals surface area contributed by atoms with Crippen molar-refractivity contribution in [3.63, 3.8) is 0 Å². The molecule has 0 aromatic carbocycles. The van der Waals surface area contributed by atoms with Gasteiger partial charge in [0.25, 0.3) is 0 Å². The van der Waals surface area contributed by atoms with Crippen molar-refractivity contribution in [2.75, 3.05) is 24.6 Å². The molecule has 0 bridgehead atoms. The summed E-state index contributed by atoms with van der Waals surface area (Å²) in [6, 6.07) is 1.93. The maximum atomic E-state index is 10.00. The quantitative estimate of drug-likeness (QED) is 0.734. The van der Waals surface area contributed by atoms with Crippen LogP contribution in [0.2, 0.25) is 5.02 Å². The largest absolute Gasteiger partial charge is 0.390 e. The molecule has 4 heterocycles. The zero-order chi connectivity index (χ0) is 21.5. The van der Waals surface area contributed by atoms with Gasteiger partial charge in [0.1, 0.15) is 10.7 Å². The molecule has 2 aromatic heterocycles. The number of rotatable bonds is 4. The maximum Gasteiger partial charge on any atom is 0.153 e. The van der Waals surface area contributed by atoms with Crippen LogP contribution < -0.4 is 10.6 Å². The van der Waals surface area contributed by atoms with Gasteiger partial charge in [-0.3, -0.25) is 4.98 Å². The van der Waals surface area contributed by atoms with E-state index in [-0.39, 0.29) is 24.2 Å². The van der Waals surface area contributed by atoms with Gasteiger partial charge in [0.15, 0.2) is 5.82 Å². The van der Waals surface area contributed by atoms with E-state index >= 15 is 0 Å². The van der Waals surface area contributed by atoms with Gasteiger partial charge in [-0.25, -0.2) is 9.97 Å². The van der Waals surface area contributed by atoms with Crippen molar-refractivity contribution in [3.05, 3.63) is 34.4 Å². The number of ether oxygens (including phenoxy) is 1. The monoisotopic (exact) mass is 449 g/mol. The van der Waals surface area contributed by atoms with Crippen LogP contribution in [0.25, 0.3) is 0 Å². The Kier molecular flexibility index (Phi) is 6.23. The Morgan fingerprint density at radius 1 is 1.30 bits per heavy atom. The number of pyridine rings is 1. The summed E-state index contributed by atoms with van der Waals surface area (Å²) in [4.78, 5) is 16.9. The number of aromatic nitrogens is 3. The first-order valence-corrected chi connectivity index (χ1v) is 11.4. The molecule has 2 aromatic rings. The number of aliphatic hydroxyl groups excluding tert-OH is 1. The zero-order valence-corrected chi connectivity index (χ0v) is 19.1. The van der Waals surface area contributed by atoms with Crippen LogP contribution in [0.1, 0.15) is 36.8 Å². The molecule has 2 aliphatic heterocycles. The molecule has 0 radical (unpaired) electrons. The summed E-state index contributed by atoms with van der Waals surface area (Å²) in [5.41, 5.74) is 8.66. The van der Waals surface area contributed by atoms with E-state index in [1.54, 1.807) is 6.20 Å². The van der Waals surface area contributed by atoms with E-state index in [9.17, 15) is 5.11 Å². The minimum atomic E-state index is -0.166. The van der Waals surface area contributed by atoms with E-state index in [4.69, 9.17) is 32.0 Å². The second kappa shape index (κ2) is 8.59. The summed E-state index contributed by atoms with van der Waals surface area (Å²) in [6.07, 6.45) is 3.74. The van der Waals surface area contributed by atoms with Crippen molar-refractivity contribution in [1.82, 2.24) is 15.0 Å². The van der Waals surface area contributed by atoms with Crippen LogP contribution in [-0.4, -0.2) is 51.9 Å². The van der Waals surface area contributed by atoms with Gasteiger partial charge in [-0.15, -0.1) is 0 Å². The molecule has 2 aliphatic rings. The molecule has 162 valence electrons. The highest BCUT2D eigenvalue weighted by Crippen LogP contribution is 2.42. The van der Waals surface area contributed by atoms with Gasteiger partial charge < -0.3 is 20.5 Å². The van der Waals surface area contributed by atoms with Crippen LogP contribution in [0.5, 0.6) is 0 Å². The van der Waals surface area contributed by atoms with Gasteiger partial charge in [-0.2, -0.15) is 0 Å². The highest BCUT2D eigenvalue weighted by Gasteiger charge is 2.47. The molecular formula is C21H28ClN5O2S. The SMILES string of the molecule is Cc1nc(N2CCC3(CC2)CO[C@@H](C)[C@H]3N)c(CO)nc1Sc1ccnc(C)c1Cl. The lowest BCUT2D eigenvalue weighted by Crippen LogP contribution is -2.51. The Balaban J connectivity index is 1.55. The first-order chi connectivity index (χ1) is 14.3. The molecule has 3 N–H and O–H groups in total. The summed E-state index contributed by atoms with van der Waals surface area (Å²) in [6.45, 7) is 8.08. The van der Waals surface area contributed by atoms with Crippen molar-refractivity contribution in [2.24, 2.45) is 11.1 Å². The second-order valence-electron chi connectivity index (χ2n) is 8.24. The van der Waals surface area contributed by atoms with Gasteiger partial charge in [-0.05, 0) is 39.7 Å². The standard InChI is InChI=1S/C21H28ClN5O2S/c1-12-17(22)16(4-7-24-12)30-20-13(2)25-19(15(10-28)26-20)27-8-5-21(6-9-27)11-29-14(3)18(21)23/h4,7,14,18,28H,5-6,8-11,23H2,1-3H3/t14-,18+/m0/s1. The van der Waals surface area contributed by atoms with E-state index in [0.717, 1.165) is 59.7 Å². The lowest BCUT2D eigenvalue weighted by molar-refractivity contribution is 0.0973. The van der Waals surface area contributed by atoms with E-state index in [1.165, 1.54) is 11.8 Å². The number of nitrogens with two attached hydrogens (primary N) is 1. The fourth-order valence-electron chi connectivity index (χ4n) is 4.33. The van der Waals surface area contributed by atoms with Gasteiger partial charge in [0.05, 0.1) is 35.7 Å². The average molecular weight is 450 g/mol. The molecule has 1 spiro atoms. The number of nitrogens with zero attached hydrogens (tertiary/aromatic N) is 4. The van der Waals surface area contributed by atoms with Gasteiger partial charge in [-0.1, -0.05) is 23.4 Å². The molecular weight excluding hydrogens is 422 g/mol. The minimum absolute atomic E-state index is 0.0452. The predicted molar refractivity (Wildman–Crippen MR) is 118 cm³/mol. The summed E-state index contributed by atoms with van der Waals surface area (Å²) in [7, 11) is 0. The molecule has 30 heavy (non-hydrogen) atoms. The Hall–Kier alpha value is -1.45. The molecule has 2 fully saturated rings. The lowest BCUT2D eigenvalue weighted by Gasteiger charge is -2.42. The molecule has 9 heteroatoms. The number of anilines is 1. The van der Waals surface area contributed by atoms with Crippen LogP contribution in [-0.2, 0) is 11.3 Å². The highest BCUT2D eigenvalue weighted by atomic mass is 35.5.